The minimum Gasteiger partial charge on any atom is -0.493 e. The van der Waals surface area contributed by atoms with Crippen molar-refractivity contribution in [2.24, 2.45) is 5.92 Å². The van der Waals surface area contributed by atoms with Gasteiger partial charge in [-0.1, -0.05) is 0 Å². The average Bonchev–Trinajstić information content (AvgIpc) is 2.47. The van der Waals surface area contributed by atoms with Gasteiger partial charge in [0.2, 0.25) is 0 Å². The number of hydrogen-bond donors (Lipinski definition) is 2. The fourth-order valence-corrected chi connectivity index (χ4v) is 2.59. The SMILES string of the molecule is COc1cccnc1N1CCCC(CNCC(=O)O)C1. The number of pyridine rings is 1. The highest BCUT2D eigenvalue weighted by Gasteiger charge is 2.22. The van der Waals surface area contributed by atoms with Crippen LogP contribution in [-0.2, 0) is 4.79 Å². The molecule has 0 spiro atoms. The van der Waals surface area contributed by atoms with Crippen LogP contribution < -0.4 is 15.0 Å². The van der Waals surface area contributed by atoms with Crippen molar-refractivity contribution in [1.82, 2.24) is 10.3 Å². The Kier molecular flexibility index (Phi) is 5.17. The Balaban J connectivity index is 1.94. The molecule has 0 bridgehead atoms. The summed E-state index contributed by atoms with van der Waals surface area (Å²) in [5.41, 5.74) is 0. The van der Waals surface area contributed by atoms with Gasteiger partial charge in [0, 0.05) is 25.8 Å². The molecule has 1 aliphatic heterocycles. The van der Waals surface area contributed by atoms with E-state index in [0.717, 1.165) is 44.0 Å². The van der Waals surface area contributed by atoms with Crippen molar-refractivity contribution in [3.63, 3.8) is 0 Å². The number of aromatic nitrogens is 1. The Hall–Kier alpha value is -1.82. The fraction of sp³-hybridized carbons (Fsp3) is 0.571. The Morgan fingerprint density at radius 3 is 3.25 bits per heavy atom. The summed E-state index contributed by atoms with van der Waals surface area (Å²) in [7, 11) is 1.65. The number of aliphatic carboxylic acids is 1. The van der Waals surface area contributed by atoms with E-state index >= 15 is 0 Å². The van der Waals surface area contributed by atoms with Gasteiger partial charge < -0.3 is 20.1 Å². The van der Waals surface area contributed by atoms with Crippen molar-refractivity contribution in [3.05, 3.63) is 18.3 Å². The summed E-state index contributed by atoms with van der Waals surface area (Å²) in [6.45, 7) is 2.57. The molecule has 1 aliphatic rings. The standard InChI is InChI=1S/C14H21N3O3/c1-20-12-5-2-6-16-14(12)17-7-3-4-11(10-17)8-15-9-13(18)19/h2,5-6,11,15H,3-4,7-10H2,1H3,(H,18,19). The summed E-state index contributed by atoms with van der Waals surface area (Å²) in [4.78, 5) is 17.1. The number of carboxylic acid groups (broad SMARTS) is 1. The normalized spacial score (nSPS) is 18.9. The molecule has 6 nitrogen and oxygen atoms in total. The molecular weight excluding hydrogens is 258 g/mol. The van der Waals surface area contributed by atoms with E-state index in [1.807, 2.05) is 12.1 Å². The first-order valence-electron chi connectivity index (χ1n) is 6.87. The second kappa shape index (κ2) is 7.09. The molecular formula is C14H21N3O3. The number of carboxylic acids is 1. The molecule has 1 unspecified atom stereocenters. The largest absolute Gasteiger partial charge is 0.493 e. The third-order valence-corrected chi connectivity index (χ3v) is 3.50. The van der Waals surface area contributed by atoms with Crippen LogP contribution in [-0.4, -0.2) is 49.3 Å². The number of carbonyl (C=O) groups is 1. The molecule has 0 saturated carbocycles. The smallest absolute Gasteiger partial charge is 0.317 e. The topological polar surface area (TPSA) is 74.7 Å². The summed E-state index contributed by atoms with van der Waals surface area (Å²) >= 11 is 0. The molecule has 2 N–H and O–H groups in total. The van der Waals surface area contributed by atoms with Crippen LogP contribution in [0.25, 0.3) is 0 Å². The molecule has 110 valence electrons. The maximum Gasteiger partial charge on any atom is 0.317 e. The van der Waals surface area contributed by atoms with Crippen LogP contribution in [0.3, 0.4) is 0 Å². The molecule has 2 rings (SSSR count). The first kappa shape index (κ1) is 14.6. The van der Waals surface area contributed by atoms with Crippen LogP contribution in [0, 0.1) is 5.92 Å². The van der Waals surface area contributed by atoms with E-state index in [4.69, 9.17) is 9.84 Å². The number of anilines is 1. The number of rotatable bonds is 6. The molecule has 20 heavy (non-hydrogen) atoms. The van der Waals surface area contributed by atoms with Crippen LogP contribution in [0.2, 0.25) is 0 Å². The van der Waals surface area contributed by atoms with Gasteiger partial charge in [0.1, 0.15) is 0 Å². The third-order valence-electron chi connectivity index (χ3n) is 3.50. The molecule has 0 radical (unpaired) electrons. The fourth-order valence-electron chi connectivity index (χ4n) is 2.59. The number of hydrogen-bond acceptors (Lipinski definition) is 5. The van der Waals surface area contributed by atoms with E-state index in [9.17, 15) is 4.79 Å². The van der Waals surface area contributed by atoms with E-state index in [0.29, 0.717) is 5.92 Å². The van der Waals surface area contributed by atoms with Gasteiger partial charge in [-0.2, -0.15) is 0 Å². The molecule has 0 aromatic carbocycles. The molecule has 1 saturated heterocycles. The summed E-state index contributed by atoms with van der Waals surface area (Å²) in [6, 6.07) is 3.77. The van der Waals surface area contributed by atoms with Crippen molar-refractivity contribution in [2.75, 3.05) is 38.2 Å². The van der Waals surface area contributed by atoms with Crippen LogP contribution in [0.1, 0.15) is 12.8 Å². The van der Waals surface area contributed by atoms with Gasteiger partial charge in [-0.3, -0.25) is 4.79 Å². The summed E-state index contributed by atoms with van der Waals surface area (Å²) < 4.78 is 5.35. The molecule has 1 aromatic rings. The zero-order valence-electron chi connectivity index (χ0n) is 11.7. The van der Waals surface area contributed by atoms with Crippen molar-refractivity contribution in [2.45, 2.75) is 12.8 Å². The zero-order valence-corrected chi connectivity index (χ0v) is 11.7. The van der Waals surface area contributed by atoms with E-state index in [-0.39, 0.29) is 6.54 Å². The Morgan fingerprint density at radius 1 is 1.65 bits per heavy atom. The van der Waals surface area contributed by atoms with Crippen molar-refractivity contribution < 1.29 is 14.6 Å². The van der Waals surface area contributed by atoms with E-state index < -0.39 is 5.97 Å². The average molecular weight is 279 g/mol. The van der Waals surface area contributed by atoms with Gasteiger partial charge in [-0.05, 0) is 30.9 Å². The second-order valence-corrected chi connectivity index (χ2v) is 5.01. The van der Waals surface area contributed by atoms with Gasteiger partial charge >= 0.3 is 5.97 Å². The second-order valence-electron chi connectivity index (χ2n) is 5.01. The van der Waals surface area contributed by atoms with Crippen molar-refractivity contribution in [3.8, 4) is 5.75 Å². The summed E-state index contributed by atoms with van der Waals surface area (Å²) in [5.74, 6) is 1.28. The maximum atomic E-state index is 10.5. The highest BCUT2D eigenvalue weighted by molar-refractivity contribution is 5.68. The number of methoxy groups -OCH3 is 1. The van der Waals surface area contributed by atoms with Gasteiger partial charge in [0.15, 0.2) is 11.6 Å². The lowest BCUT2D eigenvalue weighted by Gasteiger charge is -2.34. The Morgan fingerprint density at radius 2 is 2.50 bits per heavy atom. The van der Waals surface area contributed by atoms with E-state index in [1.165, 1.54) is 0 Å². The summed E-state index contributed by atoms with van der Waals surface area (Å²) in [6.07, 6.45) is 3.96. The van der Waals surface area contributed by atoms with Crippen LogP contribution in [0.15, 0.2) is 18.3 Å². The Labute approximate surface area is 118 Å². The lowest BCUT2D eigenvalue weighted by atomic mass is 9.98. The number of nitrogens with one attached hydrogen (secondary N) is 1. The molecule has 1 aromatic heterocycles. The zero-order chi connectivity index (χ0) is 14.4. The number of nitrogens with zero attached hydrogens (tertiary/aromatic N) is 2. The third kappa shape index (κ3) is 3.84. The monoisotopic (exact) mass is 279 g/mol. The minimum atomic E-state index is -0.816. The summed E-state index contributed by atoms with van der Waals surface area (Å²) in [5, 5.41) is 11.6. The predicted octanol–water partition coefficient (Wildman–Crippen LogP) is 0.981. The van der Waals surface area contributed by atoms with E-state index in [2.05, 4.69) is 15.2 Å². The quantitative estimate of drug-likeness (QED) is 0.808. The molecule has 1 atom stereocenters. The van der Waals surface area contributed by atoms with Gasteiger partial charge in [-0.25, -0.2) is 4.98 Å². The van der Waals surface area contributed by atoms with Gasteiger partial charge in [0.25, 0.3) is 0 Å². The highest BCUT2D eigenvalue weighted by atomic mass is 16.5. The molecule has 2 heterocycles. The predicted molar refractivity (Wildman–Crippen MR) is 76.2 cm³/mol. The lowest BCUT2D eigenvalue weighted by Crippen LogP contribution is -2.41. The van der Waals surface area contributed by atoms with Crippen LogP contribution >= 0.6 is 0 Å². The Bertz CT molecular complexity index is 453. The van der Waals surface area contributed by atoms with Crippen LogP contribution in [0.4, 0.5) is 5.82 Å². The highest BCUT2D eigenvalue weighted by Crippen LogP contribution is 2.28. The van der Waals surface area contributed by atoms with Gasteiger partial charge in [-0.15, -0.1) is 0 Å². The molecule has 0 amide bonds. The maximum absolute atomic E-state index is 10.5. The molecule has 1 fully saturated rings. The molecule has 6 heteroatoms. The number of piperidine rings is 1. The van der Waals surface area contributed by atoms with Crippen molar-refractivity contribution >= 4 is 11.8 Å². The first-order chi connectivity index (χ1) is 9.70. The van der Waals surface area contributed by atoms with Crippen LogP contribution in [0.5, 0.6) is 5.75 Å². The lowest BCUT2D eigenvalue weighted by molar-refractivity contribution is -0.136. The molecule has 0 aliphatic carbocycles. The van der Waals surface area contributed by atoms with Gasteiger partial charge in [0.05, 0.1) is 13.7 Å². The minimum absolute atomic E-state index is 0.0173. The number of ether oxygens (including phenoxy) is 1. The van der Waals surface area contributed by atoms with Crippen molar-refractivity contribution in [1.29, 1.82) is 0 Å². The first-order valence-corrected chi connectivity index (χ1v) is 6.87. The van der Waals surface area contributed by atoms with E-state index in [1.54, 1.807) is 13.3 Å².